The highest BCUT2D eigenvalue weighted by molar-refractivity contribution is 5.95. The second kappa shape index (κ2) is 5.22. The third-order valence-corrected chi connectivity index (χ3v) is 3.92. The Kier molecular flexibility index (Phi) is 3.52. The molecule has 0 aliphatic carbocycles. The minimum absolute atomic E-state index is 0.120. The van der Waals surface area contributed by atoms with E-state index in [2.05, 4.69) is 10.1 Å². The van der Waals surface area contributed by atoms with E-state index in [0.29, 0.717) is 6.54 Å². The van der Waals surface area contributed by atoms with E-state index < -0.39 is 6.36 Å². The van der Waals surface area contributed by atoms with E-state index in [1.807, 2.05) is 0 Å². The summed E-state index contributed by atoms with van der Waals surface area (Å²) in [6, 6.07) is 5.65. The summed E-state index contributed by atoms with van der Waals surface area (Å²) in [5, 5.41) is 3.33. The van der Waals surface area contributed by atoms with Crippen LogP contribution in [0.25, 0.3) is 0 Å². The molecule has 1 aromatic rings. The number of amides is 1. The van der Waals surface area contributed by atoms with Crippen molar-refractivity contribution < 1.29 is 22.7 Å². The maximum atomic E-state index is 12.5. The van der Waals surface area contributed by atoms with Crippen LogP contribution >= 0.6 is 0 Å². The number of hydrogen-bond acceptors (Lipinski definition) is 3. The molecule has 4 nitrogen and oxygen atoms in total. The highest BCUT2D eigenvalue weighted by atomic mass is 19.4. The average molecular weight is 300 g/mol. The van der Waals surface area contributed by atoms with Gasteiger partial charge in [-0.05, 0) is 31.0 Å². The Morgan fingerprint density at radius 3 is 2.71 bits per heavy atom. The normalized spacial score (nSPS) is 25.0. The number of piperidine rings is 2. The van der Waals surface area contributed by atoms with Gasteiger partial charge in [-0.25, -0.2) is 0 Å². The maximum absolute atomic E-state index is 12.5. The molecule has 2 bridgehead atoms. The van der Waals surface area contributed by atoms with Crippen molar-refractivity contribution in [2.45, 2.75) is 31.3 Å². The quantitative estimate of drug-likeness (QED) is 0.910. The van der Waals surface area contributed by atoms with Crippen molar-refractivity contribution in [3.05, 3.63) is 29.8 Å². The van der Waals surface area contributed by atoms with Crippen LogP contribution in [0.4, 0.5) is 13.2 Å². The number of benzene rings is 1. The summed E-state index contributed by atoms with van der Waals surface area (Å²) >= 11 is 0. The molecule has 3 saturated heterocycles. The topological polar surface area (TPSA) is 41.6 Å². The minimum Gasteiger partial charge on any atom is -0.406 e. The van der Waals surface area contributed by atoms with Crippen molar-refractivity contribution in [1.29, 1.82) is 0 Å². The number of carbonyl (C=O) groups excluding carboxylic acids is 1. The lowest BCUT2D eigenvalue weighted by atomic mass is 9.92. The van der Waals surface area contributed by atoms with Crippen LogP contribution in [0.2, 0.25) is 0 Å². The van der Waals surface area contributed by atoms with Crippen molar-refractivity contribution in [2.75, 3.05) is 13.1 Å². The van der Waals surface area contributed by atoms with Gasteiger partial charge in [0.2, 0.25) is 0 Å². The van der Waals surface area contributed by atoms with Gasteiger partial charge in [0.15, 0.2) is 0 Å². The van der Waals surface area contributed by atoms with Gasteiger partial charge >= 0.3 is 6.36 Å². The zero-order valence-corrected chi connectivity index (χ0v) is 11.2. The van der Waals surface area contributed by atoms with Gasteiger partial charge in [0.05, 0.1) is 0 Å². The smallest absolute Gasteiger partial charge is 0.406 e. The van der Waals surface area contributed by atoms with Crippen LogP contribution in [0.5, 0.6) is 5.75 Å². The molecule has 1 N–H and O–H groups in total. The molecule has 1 amide bonds. The Morgan fingerprint density at radius 2 is 2.14 bits per heavy atom. The lowest BCUT2D eigenvalue weighted by molar-refractivity contribution is -0.274. The van der Waals surface area contributed by atoms with Crippen LogP contribution in [0.3, 0.4) is 0 Å². The molecular formula is C14H15F3N2O2. The number of nitrogens with one attached hydrogen (secondary N) is 1. The fraction of sp³-hybridized carbons (Fsp3) is 0.500. The highest BCUT2D eigenvalue weighted by Crippen LogP contribution is 2.27. The lowest BCUT2D eigenvalue weighted by Crippen LogP contribution is -2.62. The molecule has 3 aliphatic rings. The summed E-state index contributed by atoms with van der Waals surface area (Å²) in [7, 11) is 0. The summed E-state index contributed by atoms with van der Waals surface area (Å²) in [5.41, 5.74) is 0.226. The zero-order chi connectivity index (χ0) is 15.0. The highest BCUT2D eigenvalue weighted by Gasteiger charge is 2.37. The predicted molar refractivity (Wildman–Crippen MR) is 69.0 cm³/mol. The van der Waals surface area contributed by atoms with E-state index in [-0.39, 0.29) is 29.3 Å². The standard InChI is InChI=1S/C14H15F3N2O2/c15-14(16,17)21-12-3-1-2-9(6-12)13(20)19-8-10-4-5-11(19)7-18-10/h1-3,6,10-11,18H,4-5,7-8H2. The van der Waals surface area contributed by atoms with Crippen molar-refractivity contribution in [3.63, 3.8) is 0 Å². The minimum atomic E-state index is -4.75. The molecule has 2 unspecified atom stereocenters. The largest absolute Gasteiger partial charge is 0.573 e. The molecule has 0 aromatic heterocycles. The average Bonchev–Trinajstić information content (AvgIpc) is 2.46. The molecule has 0 radical (unpaired) electrons. The number of nitrogens with zero attached hydrogens (tertiary/aromatic N) is 1. The summed E-state index contributed by atoms with van der Waals surface area (Å²) < 4.78 is 40.5. The zero-order valence-electron chi connectivity index (χ0n) is 11.2. The number of rotatable bonds is 2. The third-order valence-electron chi connectivity index (χ3n) is 3.92. The van der Waals surface area contributed by atoms with Gasteiger partial charge in [0.25, 0.3) is 5.91 Å². The predicted octanol–water partition coefficient (Wildman–Crippen LogP) is 2.16. The second-order valence-corrected chi connectivity index (χ2v) is 5.37. The summed E-state index contributed by atoms with van der Waals surface area (Å²) in [5.74, 6) is -0.604. The SMILES string of the molecule is O=C(c1cccc(OC(F)(F)F)c1)N1CC2CCC1CN2. The molecule has 0 saturated carbocycles. The fourth-order valence-corrected chi connectivity index (χ4v) is 2.95. The molecule has 3 aliphatic heterocycles. The maximum Gasteiger partial charge on any atom is 0.573 e. The first-order valence-corrected chi connectivity index (χ1v) is 6.82. The number of hydrogen-bond donors (Lipinski definition) is 1. The molecule has 2 atom stereocenters. The Bertz CT molecular complexity index is 539. The van der Waals surface area contributed by atoms with Gasteiger partial charge in [-0.2, -0.15) is 0 Å². The van der Waals surface area contributed by atoms with Gasteiger partial charge in [-0.15, -0.1) is 13.2 Å². The number of alkyl halides is 3. The van der Waals surface area contributed by atoms with Gasteiger partial charge < -0.3 is 15.0 Å². The van der Waals surface area contributed by atoms with E-state index >= 15 is 0 Å². The number of fused-ring (bicyclic) bond motifs is 3. The van der Waals surface area contributed by atoms with Gasteiger partial charge in [-0.3, -0.25) is 4.79 Å². The first-order chi connectivity index (χ1) is 9.92. The fourth-order valence-electron chi connectivity index (χ4n) is 2.95. The monoisotopic (exact) mass is 300 g/mol. The molecule has 114 valence electrons. The van der Waals surface area contributed by atoms with E-state index in [1.165, 1.54) is 18.2 Å². The summed E-state index contributed by atoms with van der Waals surface area (Å²) in [6.07, 6.45) is -2.79. The van der Waals surface area contributed by atoms with Crippen molar-refractivity contribution >= 4 is 5.91 Å². The van der Waals surface area contributed by atoms with Crippen LogP contribution in [-0.2, 0) is 0 Å². The third kappa shape index (κ3) is 3.12. The first kappa shape index (κ1) is 14.2. The first-order valence-electron chi connectivity index (χ1n) is 6.82. The van der Waals surface area contributed by atoms with Gasteiger partial charge in [0, 0.05) is 30.7 Å². The molecule has 0 spiro atoms. The number of piperazine rings is 1. The van der Waals surface area contributed by atoms with Crippen LogP contribution in [0.15, 0.2) is 24.3 Å². The molecule has 21 heavy (non-hydrogen) atoms. The molecular weight excluding hydrogens is 285 g/mol. The Morgan fingerprint density at radius 1 is 1.33 bits per heavy atom. The Hall–Kier alpha value is -1.76. The molecule has 4 rings (SSSR count). The molecule has 1 aromatic carbocycles. The van der Waals surface area contributed by atoms with E-state index in [1.54, 1.807) is 4.90 Å². The number of carbonyl (C=O) groups is 1. The van der Waals surface area contributed by atoms with Crippen LogP contribution in [-0.4, -0.2) is 42.3 Å². The van der Waals surface area contributed by atoms with Gasteiger partial charge in [-0.1, -0.05) is 6.07 Å². The van der Waals surface area contributed by atoms with Crippen molar-refractivity contribution in [3.8, 4) is 5.75 Å². The molecule has 3 heterocycles. The Balaban J connectivity index is 1.77. The number of ether oxygens (including phenoxy) is 1. The van der Waals surface area contributed by atoms with E-state index in [0.717, 1.165) is 25.5 Å². The molecule has 7 heteroatoms. The van der Waals surface area contributed by atoms with Crippen LogP contribution < -0.4 is 10.1 Å². The summed E-state index contributed by atoms with van der Waals surface area (Å²) in [4.78, 5) is 14.2. The van der Waals surface area contributed by atoms with E-state index in [4.69, 9.17) is 0 Å². The van der Waals surface area contributed by atoms with Crippen molar-refractivity contribution in [1.82, 2.24) is 10.2 Å². The molecule has 3 fully saturated rings. The van der Waals surface area contributed by atoms with Crippen LogP contribution in [0.1, 0.15) is 23.2 Å². The summed E-state index contributed by atoms with van der Waals surface area (Å²) in [6.45, 7) is 1.35. The van der Waals surface area contributed by atoms with Crippen LogP contribution in [0, 0.1) is 0 Å². The second-order valence-electron chi connectivity index (χ2n) is 5.37. The Labute approximate surface area is 119 Å². The lowest BCUT2D eigenvalue weighted by Gasteiger charge is -2.46. The van der Waals surface area contributed by atoms with E-state index in [9.17, 15) is 18.0 Å². The van der Waals surface area contributed by atoms with Gasteiger partial charge in [0.1, 0.15) is 5.75 Å². The van der Waals surface area contributed by atoms with Crippen molar-refractivity contribution in [2.24, 2.45) is 0 Å². The number of halogens is 3.